The van der Waals surface area contributed by atoms with Gasteiger partial charge in [0.05, 0.1) is 0 Å². The van der Waals surface area contributed by atoms with Crippen molar-refractivity contribution in [2.75, 3.05) is 7.11 Å². The third kappa shape index (κ3) is 9.99. The van der Waals surface area contributed by atoms with Gasteiger partial charge in [-0.2, -0.15) is 0 Å². The Morgan fingerprint density at radius 2 is 1.52 bits per heavy atom. The zero-order valence-electron chi connectivity index (χ0n) is 14.7. The zero-order valence-corrected chi connectivity index (χ0v) is 19.8. The van der Waals surface area contributed by atoms with E-state index in [4.69, 9.17) is 20.6 Å². The molecule has 0 rings (SSSR count). The maximum absolute atomic E-state index is 11.0. The van der Waals surface area contributed by atoms with Gasteiger partial charge in [0.15, 0.2) is 0 Å². The number of carbonyl (C=O) groups is 1. The molecule has 0 fully saturated rings. The van der Waals surface area contributed by atoms with Gasteiger partial charge >= 0.3 is 135 Å². The fraction of sp³-hybridized carbons (Fsp3) is 0.909. The summed E-state index contributed by atoms with van der Waals surface area (Å²) in [5.74, 6) is 3.20. The summed E-state index contributed by atoms with van der Waals surface area (Å²) in [6.07, 6.45) is 0. The molecule has 0 aliphatic carbocycles. The number of hydrogen-bond donors (Lipinski definition) is 1. The minimum atomic E-state index is -2.85. The predicted molar refractivity (Wildman–Crippen MR) is 92.6 cm³/mol. The van der Waals surface area contributed by atoms with Gasteiger partial charge in [0.1, 0.15) is 0 Å². The molecular weight excluding hydrogens is 385 g/mol. The van der Waals surface area contributed by atoms with Crippen molar-refractivity contribution in [2.24, 2.45) is 0 Å². The molecule has 126 valence electrons. The average molecular weight is 415 g/mol. The van der Waals surface area contributed by atoms with Gasteiger partial charge in [0.2, 0.25) is 0 Å². The number of carboxylic acids is 1. The Labute approximate surface area is 134 Å². The van der Waals surface area contributed by atoms with E-state index >= 15 is 0 Å². The molecule has 0 aliphatic heterocycles. The predicted octanol–water partition coefficient (Wildman–Crippen LogP) is 3.08. The topological polar surface area (TPSA) is 74.2 Å². The Bertz CT molecular complexity index is 371. The Kier molecular flexibility index (Phi) is 7.56. The molecule has 0 radical (unpaired) electrons. The monoisotopic (exact) mass is 416 g/mol. The van der Waals surface area contributed by atoms with Crippen molar-refractivity contribution >= 4 is 45.3 Å². The van der Waals surface area contributed by atoms with Crippen LogP contribution < -0.4 is 0 Å². The van der Waals surface area contributed by atoms with Crippen molar-refractivity contribution in [3.05, 3.63) is 0 Å². The van der Waals surface area contributed by atoms with Crippen LogP contribution in [0.25, 0.3) is 0 Å². The second-order valence-electron chi connectivity index (χ2n) is 7.13. The van der Waals surface area contributed by atoms with Crippen LogP contribution in [0, 0.1) is 0 Å². The second kappa shape index (κ2) is 7.38. The maximum atomic E-state index is 11.0. The summed E-state index contributed by atoms with van der Waals surface area (Å²) in [5, 5.41) is 9.00. The van der Waals surface area contributed by atoms with Crippen LogP contribution in [0.1, 0.15) is 0 Å². The van der Waals surface area contributed by atoms with Crippen LogP contribution >= 0.6 is 0 Å². The first-order chi connectivity index (χ1) is 9.10. The van der Waals surface area contributed by atoms with Crippen molar-refractivity contribution < 1.29 is 25.3 Å². The summed E-state index contributed by atoms with van der Waals surface area (Å²) in [7, 11) is -5.43. The summed E-state index contributed by atoms with van der Waals surface area (Å²) < 4.78 is 23.9. The standard InChI is InChI=1S/C11H30GeO6Si3/c1-12(2,16-19(4,5)6)17-20(7,8)18-21(9,15-3)10-11(13)14/h10H2,1-9H3,(H,13,14). The van der Waals surface area contributed by atoms with E-state index in [1.54, 1.807) is 6.55 Å². The molecule has 21 heavy (non-hydrogen) atoms. The van der Waals surface area contributed by atoms with Crippen LogP contribution in [0.5, 0.6) is 0 Å². The molecule has 0 aromatic heterocycles. The van der Waals surface area contributed by atoms with Crippen LogP contribution in [0.2, 0.25) is 56.8 Å². The van der Waals surface area contributed by atoms with E-state index < -0.39 is 45.3 Å². The van der Waals surface area contributed by atoms with E-state index in [1.807, 2.05) is 13.1 Å². The summed E-state index contributed by atoms with van der Waals surface area (Å²) in [6, 6.07) is -0.0917. The molecule has 0 aromatic carbocycles. The van der Waals surface area contributed by atoms with Crippen LogP contribution in [-0.2, 0) is 20.2 Å². The molecule has 0 spiro atoms. The van der Waals surface area contributed by atoms with Gasteiger partial charge in [-0.25, -0.2) is 0 Å². The molecule has 0 aliphatic rings. The summed E-state index contributed by atoms with van der Waals surface area (Å²) >= 11 is -2.85. The number of rotatable bonds is 9. The van der Waals surface area contributed by atoms with Gasteiger partial charge in [-0.1, -0.05) is 0 Å². The molecule has 0 aromatic rings. The molecule has 0 bridgehead atoms. The van der Waals surface area contributed by atoms with E-state index in [2.05, 4.69) is 31.2 Å². The molecule has 0 amide bonds. The molecule has 1 unspecified atom stereocenters. The SMILES string of the molecule is CO[Si](C)(CC(=O)O)O[Si](C)(C)[O][Ge]([CH3])([CH3])[O][Si](C)(C)C. The molecule has 0 saturated carbocycles. The molecule has 0 heterocycles. The van der Waals surface area contributed by atoms with Crippen molar-refractivity contribution in [1.82, 2.24) is 0 Å². The van der Waals surface area contributed by atoms with E-state index in [9.17, 15) is 4.79 Å². The molecule has 0 saturated heterocycles. The van der Waals surface area contributed by atoms with Gasteiger partial charge in [0, 0.05) is 0 Å². The fourth-order valence-electron chi connectivity index (χ4n) is 2.32. The fourth-order valence-corrected chi connectivity index (χ4v) is 29.1. The molecule has 6 nitrogen and oxygen atoms in total. The molecule has 1 N–H and O–H groups in total. The van der Waals surface area contributed by atoms with Crippen molar-refractivity contribution in [3.8, 4) is 0 Å². The Morgan fingerprint density at radius 1 is 1.05 bits per heavy atom. The molecule has 1 atom stereocenters. The molecular formula is C11H30GeO6Si3. The number of carboxylic acid groups (broad SMARTS) is 1. The van der Waals surface area contributed by atoms with Crippen LogP contribution in [0.3, 0.4) is 0 Å². The third-order valence-electron chi connectivity index (χ3n) is 2.41. The zero-order chi connectivity index (χ0) is 17.1. The van der Waals surface area contributed by atoms with E-state index in [0.29, 0.717) is 0 Å². The summed E-state index contributed by atoms with van der Waals surface area (Å²) in [6.45, 7) is 12.0. The van der Waals surface area contributed by atoms with Crippen molar-refractivity contribution in [1.29, 1.82) is 0 Å². The molecule has 10 heteroatoms. The van der Waals surface area contributed by atoms with Crippen molar-refractivity contribution in [3.63, 3.8) is 0 Å². The van der Waals surface area contributed by atoms with Gasteiger partial charge in [-0.05, 0) is 0 Å². The van der Waals surface area contributed by atoms with E-state index in [0.717, 1.165) is 0 Å². The first-order valence-electron chi connectivity index (χ1n) is 6.97. The van der Waals surface area contributed by atoms with Crippen LogP contribution in [0.4, 0.5) is 0 Å². The van der Waals surface area contributed by atoms with E-state index in [-0.39, 0.29) is 6.04 Å². The minimum absolute atomic E-state index is 0.0917. The van der Waals surface area contributed by atoms with E-state index in [1.165, 1.54) is 7.11 Å². The summed E-state index contributed by atoms with van der Waals surface area (Å²) in [4.78, 5) is 11.0. The summed E-state index contributed by atoms with van der Waals surface area (Å²) in [5.41, 5.74) is 0. The number of hydrogen-bond acceptors (Lipinski definition) is 5. The third-order valence-corrected chi connectivity index (χ3v) is 23.1. The average Bonchev–Trinajstić information content (AvgIpc) is 2.07. The Hall–Kier alpha value is 0.504. The van der Waals surface area contributed by atoms with Gasteiger partial charge in [-0.3, -0.25) is 0 Å². The first kappa shape index (κ1) is 21.5. The second-order valence-corrected chi connectivity index (χ2v) is 26.8. The van der Waals surface area contributed by atoms with Crippen LogP contribution in [0.15, 0.2) is 0 Å². The normalized spacial score (nSPS) is 16.6. The van der Waals surface area contributed by atoms with Gasteiger partial charge in [-0.15, -0.1) is 0 Å². The first-order valence-corrected chi connectivity index (χ1v) is 21.6. The van der Waals surface area contributed by atoms with Crippen LogP contribution in [-0.4, -0.2) is 57.6 Å². The Balaban J connectivity index is 4.92. The van der Waals surface area contributed by atoms with Gasteiger partial charge in [0.25, 0.3) is 0 Å². The quantitative estimate of drug-likeness (QED) is 0.584. The van der Waals surface area contributed by atoms with Gasteiger partial charge < -0.3 is 0 Å². The van der Waals surface area contributed by atoms with Crippen molar-refractivity contribution in [2.45, 2.75) is 56.8 Å². The number of aliphatic carboxylic acids is 1. The Morgan fingerprint density at radius 3 is 1.86 bits per heavy atom.